The molecule has 112 valence electrons. The lowest BCUT2D eigenvalue weighted by molar-refractivity contribution is 0.0953. The number of carbonyl (C=O) groups excluding carboxylic acids is 1. The summed E-state index contributed by atoms with van der Waals surface area (Å²) in [5.41, 5.74) is 1.59. The van der Waals surface area contributed by atoms with Crippen LogP contribution >= 0.6 is 15.9 Å². The van der Waals surface area contributed by atoms with Gasteiger partial charge in [0.2, 0.25) is 0 Å². The minimum atomic E-state index is -0.126. The Morgan fingerprint density at radius 2 is 2.18 bits per heavy atom. The number of amides is 1. The summed E-state index contributed by atoms with van der Waals surface area (Å²) in [4.78, 5) is 24.1. The van der Waals surface area contributed by atoms with E-state index in [1.165, 1.54) is 6.33 Å². The van der Waals surface area contributed by atoms with Crippen molar-refractivity contribution in [3.63, 3.8) is 0 Å². The maximum absolute atomic E-state index is 11.9. The van der Waals surface area contributed by atoms with Gasteiger partial charge in [-0.3, -0.25) is 9.78 Å². The third-order valence-corrected chi connectivity index (χ3v) is 3.52. The number of carbonyl (C=O) groups is 1. The van der Waals surface area contributed by atoms with Gasteiger partial charge in [-0.15, -0.1) is 0 Å². The van der Waals surface area contributed by atoms with Gasteiger partial charge in [-0.2, -0.15) is 10.1 Å². The summed E-state index contributed by atoms with van der Waals surface area (Å²) in [7, 11) is 0. The Hall–Kier alpha value is -2.35. The van der Waals surface area contributed by atoms with E-state index < -0.39 is 0 Å². The molecular formula is C14H13BrN6O. The molecule has 1 N–H and O–H groups in total. The molecule has 0 saturated heterocycles. The van der Waals surface area contributed by atoms with Gasteiger partial charge in [0.1, 0.15) is 6.33 Å². The van der Waals surface area contributed by atoms with E-state index in [4.69, 9.17) is 0 Å². The molecule has 7 nitrogen and oxygen atoms in total. The zero-order valence-corrected chi connectivity index (χ0v) is 13.2. The molecule has 22 heavy (non-hydrogen) atoms. The Morgan fingerprint density at radius 3 is 3.05 bits per heavy atom. The second kappa shape index (κ2) is 6.61. The van der Waals surface area contributed by atoms with Gasteiger partial charge in [-0.05, 0) is 40.4 Å². The number of aromatic nitrogens is 5. The minimum Gasteiger partial charge on any atom is -0.352 e. The Bertz CT molecular complexity index is 803. The fourth-order valence-corrected chi connectivity index (χ4v) is 2.38. The SMILES string of the molecule is O=C(NCCCc1cnc2ncnn2c1)c1cncc(Br)c1. The molecule has 0 radical (unpaired) electrons. The van der Waals surface area contributed by atoms with Crippen molar-refractivity contribution in [3.8, 4) is 0 Å². The van der Waals surface area contributed by atoms with Crippen molar-refractivity contribution >= 4 is 27.6 Å². The summed E-state index contributed by atoms with van der Waals surface area (Å²) in [5.74, 6) is 0.456. The lowest BCUT2D eigenvalue weighted by atomic mass is 10.2. The van der Waals surface area contributed by atoms with Crippen LogP contribution in [0, 0.1) is 0 Å². The molecule has 0 saturated carbocycles. The average molecular weight is 361 g/mol. The molecule has 3 aromatic rings. The smallest absolute Gasteiger partial charge is 0.252 e. The fraction of sp³-hybridized carbons (Fsp3) is 0.214. The standard InChI is InChI=1S/C14H13BrN6O/c15-12-4-11(6-16-7-12)13(22)17-3-1-2-10-5-18-14-19-9-20-21(14)8-10/h4-9H,1-3H2,(H,17,22). The maximum Gasteiger partial charge on any atom is 0.252 e. The van der Waals surface area contributed by atoms with Gasteiger partial charge in [0, 0.05) is 35.8 Å². The van der Waals surface area contributed by atoms with Crippen LogP contribution in [0.5, 0.6) is 0 Å². The number of hydrogen-bond acceptors (Lipinski definition) is 5. The topological polar surface area (TPSA) is 85.1 Å². The number of aryl methyl sites for hydroxylation is 1. The largest absolute Gasteiger partial charge is 0.352 e. The molecule has 0 aliphatic carbocycles. The predicted molar refractivity (Wildman–Crippen MR) is 83.4 cm³/mol. The lowest BCUT2D eigenvalue weighted by Crippen LogP contribution is -2.24. The lowest BCUT2D eigenvalue weighted by Gasteiger charge is -2.05. The summed E-state index contributed by atoms with van der Waals surface area (Å²) < 4.78 is 2.42. The van der Waals surface area contributed by atoms with Gasteiger partial charge in [0.15, 0.2) is 0 Å². The van der Waals surface area contributed by atoms with Crippen molar-refractivity contribution in [2.45, 2.75) is 12.8 Å². The molecule has 0 spiro atoms. The molecule has 0 aromatic carbocycles. The summed E-state index contributed by atoms with van der Waals surface area (Å²) >= 11 is 3.30. The van der Waals surface area contributed by atoms with Crippen molar-refractivity contribution < 1.29 is 4.79 Å². The van der Waals surface area contributed by atoms with E-state index in [9.17, 15) is 4.79 Å². The first-order valence-electron chi connectivity index (χ1n) is 6.75. The van der Waals surface area contributed by atoms with Crippen molar-refractivity contribution in [1.82, 2.24) is 29.9 Å². The van der Waals surface area contributed by atoms with E-state index in [2.05, 4.69) is 41.3 Å². The van der Waals surface area contributed by atoms with Crippen molar-refractivity contribution in [3.05, 3.63) is 52.8 Å². The van der Waals surface area contributed by atoms with Crippen LogP contribution in [0.15, 0.2) is 41.7 Å². The van der Waals surface area contributed by atoms with E-state index in [0.29, 0.717) is 17.9 Å². The predicted octanol–water partition coefficient (Wildman–Crippen LogP) is 1.64. The first kappa shape index (κ1) is 14.6. The zero-order valence-electron chi connectivity index (χ0n) is 11.6. The van der Waals surface area contributed by atoms with Crippen molar-refractivity contribution in [2.24, 2.45) is 0 Å². The molecule has 3 heterocycles. The van der Waals surface area contributed by atoms with Crippen LogP contribution in [-0.2, 0) is 6.42 Å². The molecule has 0 fully saturated rings. The second-order valence-corrected chi connectivity index (χ2v) is 5.63. The molecule has 0 aliphatic rings. The highest BCUT2D eigenvalue weighted by molar-refractivity contribution is 9.10. The summed E-state index contributed by atoms with van der Waals surface area (Å²) in [6.45, 7) is 0.584. The Kier molecular flexibility index (Phi) is 4.38. The van der Waals surface area contributed by atoms with Crippen LogP contribution in [-0.4, -0.2) is 37.0 Å². The van der Waals surface area contributed by atoms with Crippen LogP contribution in [0.1, 0.15) is 22.3 Å². The van der Waals surface area contributed by atoms with E-state index in [0.717, 1.165) is 22.9 Å². The summed E-state index contributed by atoms with van der Waals surface area (Å²) in [6.07, 6.45) is 9.96. The molecule has 3 rings (SSSR count). The van der Waals surface area contributed by atoms with E-state index >= 15 is 0 Å². The van der Waals surface area contributed by atoms with Gasteiger partial charge < -0.3 is 5.32 Å². The molecule has 3 aromatic heterocycles. The number of nitrogens with zero attached hydrogens (tertiary/aromatic N) is 5. The Morgan fingerprint density at radius 1 is 1.27 bits per heavy atom. The number of rotatable bonds is 5. The quantitative estimate of drug-likeness (QED) is 0.699. The van der Waals surface area contributed by atoms with E-state index in [-0.39, 0.29) is 5.91 Å². The molecule has 1 amide bonds. The first-order chi connectivity index (χ1) is 10.7. The van der Waals surface area contributed by atoms with E-state index in [1.54, 1.807) is 29.2 Å². The molecule has 0 unspecified atom stereocenters. The van der Waals surface area contributed by atoms with Crippen LogP contribution in [0.4, 0.5) is 0 Å². The van der Waals surface area contributed by atoms with Gasteiger partial charge in [0.25, 0.3) is 11.7 Å². The maximum atomic E-state index is 11.9. The Balaban J connectivity index is 1.49. The van der Waals surface area contributed by atoms with Gasteiger partial charge in [-0.25, -0.2) is 9.50 Å². The highest BCUT2D eigenvalue weighted by Crippen LogP contribution is 2.09. The number of nitrogens with one attached hydrogen (secondary N) is 1. The van der Waals surface area contributed by atoms with Crippen LogP contribution < -0.4 is 5.32 Å². The van der Waals surface area contributed by atoms with Crippen LogP contribution in [0.2, 0.25) is 0 Å². The molecule has 0 atom stereocenters. The third kappa shape index (κ3) is 3.45. The fourth-order valence-electron chi connectivity index (χ4n) is 2.02. The van der Waals surface area contributed by atoms with Crippen molar-refractivity contribution in [1.29, 1.82) is 0 Å². The number of pyridine rings is 1. The number of halogens is 1. The average Bonchev–Trinajstić information content (AvgIpc) is 2.99. The van der Waals surface area contributed by atoms with E-state index in [1.807, 2.05) is 6.20 Å². The summed E-state index contributed by atoms with van der Waals surface area (Å²) in [5, 5.41) is 6.92. The highest BCUT2D eigenvalue weighted by atomic mass is 79.9. The normalized spacial score (nSPS) is 10.8. The van der Waals surface area contributed by atoms with Gasteiger partial charge >= 0.3 is 0 Å². The van der Waals surface area contributed by atoms with Crippen LogP contribution in [0.25, 0.3) is 5.78 Å². The number of hydrogen-bond donors (Lipinski definition) is 1. The summed E-state index contributed by atoms with van der Waals surface area (Å²) in [6, 6.07) is 1.74. The monoisotopic (exact) mass is 360 g/mol. The second-order valence-electron chi connectivity index (χ2n) is 4.72. The highest BCUT2D eigenvalue weighted by Gasteiger charge is 2.06. The molecule has 0 bridgehead atoms. The Labute approximate surface area is 134 Å². The van der Waals surface area contributed by atoms with Crippen LogP contribution in [0.3, 0.4) is 0 Å². The van der Waals surface area contributed by atoms with Gasteiger partial charge in [-0.1, -0.05) is 0 Å². The zero-order chi connectivity index (χ0) is 15.4. The minimum absolute atomic E-state index is 0.126. The molecular weight excluding hydrogens is 348 g/mol. The molecule has 0 aliphatic heterocycles. The first-order valence-corrected chi connectivity index (χ1v) is 7.55. The molecule has 8 heteroatoms. The number of fused-ring (bicyclic) bond motifs is 1. The third-order valence-electron chi connectivity index (χ3n) is 3.08. The van der Waals surface area contributed by atoms with Crippen molar-refractivity contribution in [2.75, 3.05) is 6.54 Å². The van der Waals surface area contributed by atoms with Gasteiger partial charge in [0.05, 0.1) is 5.56 Å².